The molecular formula is C22H23N3O4. The Morgan fingerprint density at radius 1 is 0.966 bits per heavy atom. The number of aliphatic hydroxyl groups is 1. The Hall–Kier alpha value is -3.19. The second kappa shape index (κ2) is 7.67. The molecule has 2 heterocycles. The average Bonchev–Trinajstić information content (AvgIpc) is 2.78. The van der Waals surface area contributed by atoms with E-state index in [4.69, 9.17) is 0 Å². The van der Waals surface area contributed by atoms with Crippen molar-refractivity contribution in [1.82, 2.24) is 14.7 Å². The van der Waals surface area contributed by atoms with E-state index in [-0.39, 0.29) is 30.8 Å². The highest BCUT2D eigenvalue weighted by Gasteiger charge is 2.47. The molecule has 2 aliphatic rings. The lowest BCUT2D eigenvalue weighted by atomic mass is 10.0. The summed E-state index contributed by atoms with van der Waals surface area (Å²) in [5.74, 6) is -0.670. The Morgan fingerprint density at radius 3 is 2.28 bits per heavy atom. The number of benzene rings is 2. The second-order valence-electron chi connectivity index (χ2n) is 7.39. The van der Waals surface area contributed by atoms with Gasteiger partial charge in [-0.3, -0.25) is 14.4 Å². The van der Waals surface area contributed by atoms with Crippen LogP contribution in [0.25, 0.3) is 11.1 Å². The first-order chi connectivity index (χ1) is 14.0. The normalized spacial score (nSPS) is 21.9. The van der Waals surface area contributed by atoms with Gasteiger partial charge >= 0.3 is 0 Å². The molecule has 2 fully saturated rings. The van der Waals surface area contributed by atoms with Crippen LogP contribution in [0.4, 0.5) is 0 Å². The van der Waals surface area contributed by atoms with Crippen molar-refractivity contribution in [3.05, 3.63) is 60.2 Å². The van der Waals surface area contributed by atoms with Gasteiger partial charge in [-0.05, 0) is 23.3 Å². The Kier molecular flexibility index (Phi) is 5.07. The van der Waals surface area contributed by atoms with Crippen LogP contribution >= 0.6 is 0 Å². The fourth-order valence-corrected chi connectivity index (χ4v) is 4.01. The molecule has 7 heteroatoms. The summed E-state index contributed by atoms with van der Waals surface area (Å²) in [6.07, 6.45) is 0. The Morgan fingerprint density at radius 2 is 1.62 bits per heavy atom. The third-order valence-corrected chi connectivity index (χ3v) is 5.75. The second-order valence-corrected chi connectivity index (χ2v) is 7.39. The van der Waals surface area contributed by atoms with E-state index in [9.17, 15) is 19.5 Å². The number of fused-ring (bicyclic) bond motifs is 1. The maximum atomic E-state index is 13.0. The first-order valence-electron chi connectivity index (χ1n) is 9.64. The summed E-state index contributed by atoms with van der Waals surface area (Å²) in [7, 11) is 1.52. The molecule has 0 aliphatic carbocycles. The lowest BCUT2D eigenvalue weighted by Crippen LogP contribution is -2.70. The van der Waals surface area contributed by atoms with Crippen LogP contribution < -0.4 is 0 Å². The van der Waals surface area contributed by atoms with Gasteiger partial charge in [-0.1, -0.05) is 42.5 Å². The predicted molar refractivity (Wildman–Crippen MR) is 107 cm³/mol. The first-order valence-corrected chi connectivity index (χ1v) is 9.64. The average molecular weight is 393 g/mol. The lowest BCUT2D eigenvalue weighted by Gasteiger charge is -2.47. The summed E-state index contributed by atoms with van der Waals surface area (Å²) < 4.78 is 0. The van der Waals surface area contributed by atoms with Crippen LogP contribution in [0.2, 0.25) is 0 Å². The van der Waals surface area contributed by atoms with Gasteiger partial charge in [-0.2, -0.15) is 0 Å². The molecule has 2 aliphatic heterocycles. The minimum atomic E-state index is -0.841. The van der Waals surface area contributed by atoms with Crippen LogP contribution in [0.15, 0.2) is 54.6 Å². The highest BCUT2D eigenvalue weighted by Crippen LogP contribution is 2.23. The van der Waals surface area contributed by atoms with Crippen molar-refractivity contribution in [1.29, 1.82) is 0 Å². The largest absolute Gasteiger partial charge is 0.394 e. The molecule has 0 spiro atoms. The summed E-state index contributed by atoms with van der Waals surface area (Å²) in [5, 5.41) is 9.43. The molecule has 150 valence electrons. The van der Waals surface area contributed by atoms with Crippen molar-refractivity contribution >= 4 is 17.7 Å². The molecular weight excluding hydrogens is 370 g/mol. The number of rotatable bonds is 3. The standard InChI is InChI=1S/C22H23N3O4/c1-23-19(14-26)22(29)25-12-11-24(13-18(25)21(23)28)20(27)17-9-7-16(8-10-17)15-5-3-2-4-6-15/h2-10,18-19,26H,11-14H2,1H3/t18-,19+/m1/s1. The molecule has 0 radical (unpaired) electrons. The zero-order chi connectivity index (χ0) is 20.5. The van der Waals surface area contributed by atoms with Crippen molar-refractivity contribution in [2.24, 2.45) is 0 Å². The smallest absolute Gasteiger partial charge is 0.253 e. The SMILES string of the molecule is CN1C(=O)[C@H]2CN(C(=O)c3ccc(-c4ccccc4)cc3)CCN2C(=O)[C@@H]1CO. The van der Waals surface area contributed by atoms with Crippen LogP contribution in [0.5, 0.6) is 0 Å². The van der Waals surface area contributed by atoms with E-state index in [1.807, 2.05) is 42.5 Å². The van der Waals surface area contributed by atoms with Gasteiger partial charge in [0.15, 0.2) is 0 Å². The summed E-state index contributed by atoms with van der Waals surface area (Å²) in [6.45, 7) is 0.400. The zero-order valence-corrected chi connectivity index (χ0v) is 16.2. The number of aliphatic hydroxyl groups excluding tert-OH is 1. The van der Waals surface area contributed by atoms with Crippen molar-refractivity contribution in [3.8, 4) is 11.1 Å². The van der Waals surface area contributed by atoms with Crippen molar-refractivity contribution in [2.75, 3.05) is 33.3 Å². The Balaban J connectivity index is 1.49. The number of hydrogen-bond donors (Lipinski definition) is 1. The molecule has 3 amide bonds. The van der Waals surface area contributed by atoms with Gasteiger partial charge in [0, 0.05) is 25.7 Å². The van der Waals surface area contributed by atoms with Crippen LogP contribution in [-0.4, -0.2) is 82.9 Å². The number of nitrogens with zero attached hydrogens (tertiary/aromatic N) is 3. The molecule has 4 rings (SSSR count). The van der Waals surface area contributed by atoms with Gasteiger partial charge in [0.1, 0.15) is 12.1 Å². The number of hydrogen-bond acceptors (Lipinski definition) is 4. The van der Waals surface area contributed by atoms with Crippen molar-refractivity contribution < 1.29 is 19.5 Å². The Labute approximate surface area is 169 Å². The molecule has 2 atom stereocenters. The number of carbonyl (C=O) groups is 3. The van der Waals surface area contributed by atoms with Gasteiger partial charge < -0.3 is 19.8 Å². The molecule has 0 saturated carbocycles. The Bertz CT molecular complexity index is 929. The first kappa shape index (κ1) is 19.1. The third-order valence-electron chi connectivity index (χ3n) is 5.75. The lowest BCUT2D eigenvalue weighted by molar-refractivity contribution is -0.164. The predicted octanol–water partition coefficient (Wildman–Crippen LogP) is 0.839. The quantitative estimate of drug-likeness (QED) is 0.838. The number of likely N-dealkylation sites (N-methyl/N-ethyl adjacent to an activating group) is 1. The minimum absolute atomic E-state index is 0.156. The number of piperazine rings is 2. The molecule has 0 bridgehead atoms. The highest BCUT2D eigenvalue weighted by molar-refractivity contribution is 5.99. The summed E-state index contributed by atoms with van der Waals surface area (Å²) >= 11 is 0. The maximum absolute atomic E-state index is 13.0. The molecule has 2 aromatic rings. The molecule has 1 N–H and O–H groups in total. The van der Waals surface area contributed by atoms with E-state index in [2.05, 4.69) is 0 Å². The van der Waals surface area contributed by atoms with Crippen LogP contribution in [-0.2, 0) is 9.59 Å². The van der Waals surface area contributed by atoms with Gasteiger partial charge in [-0.25, -0.2) is 0 Å². The summed E-state index contributed by atoms with van der Waals surface area (Å²) in [5.41, 5.74) is 2.65. The van der Waals surface area contributed by atoms with E-state index in [1.54, 1.807) is 17.0 Å². The van der Waals surface area contributed by atoms with Gasteiger partial charge in [0.2, 0.25) is 11.8 Å². The van der Waals surface area contributed by atoms with Crippen LogP contribution in [0.3, 0.4) is 0 Å². The van der Waals surface area contributed by atoms with E-state index < -0.39 is 18.7 Å². The molecule has 29 heavy (non-hydrogen) atoms. The molecule has 7 nitrogen and oxygen atoms in total. The fraction of sp³-hybridized carbons (Fsp3) is 0.318. The summed E-state index contributed by atoms with van der Waals surface area (Å²) in [4.78, 5) is 42.6. The van der Waals surface area contributed by atoms with E-state index in [1.165, 1.54) is 16.8 Å². The fourth-order valence-electron chi connectivity index (χ4n) is 4.01. The number of amides is 3. The topological polar surface area (TPSA) is 81.2 Å². The minimum Gasteiger partial charge on any atom is -0.394 e. The van der Waals surface area contributed by atoms with Crippen molar-refractivity contribution in [2.45, 2.75) is 12.1 Å². The monoisotopic (exact) mass is 393 g/mol. The summed E-state index contributed by atoms with van der Waals surface area (Å²) in [6, 6.07) is 15.8. The van der Waals surface area contributed by atoms with E-state index >= 15 is 0 Å². The van der Waals surface area contributed by atoms with Crippen LogP contribution in [0.1, 0.15) is 10.4 Å². The van der Waals surface area contributed by atoms with Gasteiger partial charge in [0.05, 0.1) is 13.2 Å². The van der Waals surface area contributed by atoms with Crippen molar-refractivity contribution in [3.63, 3.8) is 0 Å². The number of carbonyl (C=O) groups excluding carboxylic acids is 3. The highest BCUT2D eigenvalue weighted by atomic mass is 16.3. The van der Waals surface area contributed by atoms with Gasteiger partial charge in [0.25, 0.3) is 5.91 Å². The molecule has 2 saturated heterocycles. The zero-order valence-electron chi connectivity index (χ0n) is 16.2. The van der Waals surface area contributed by atoms with E-state index in [0.29, 0.717) is 12.1 Å². The van der Waals surface area contributed by atoms with E-state index in [0.717, 1.165) is 11.1 Å². The van der Waals surface area contributed by atoms with Gasteiger partial charge in [-0.15, -0.1) is 0 Å². The molecule has 2 aromatic carbocycles. The molecule has 0 unspecified atom stereocenters. The third kappa shape index (κ3) is 3.38. The molecule has 0 aromatic heterocycles. The van der Waals surface area contributed by atoms with Crippen LogP contribution in [0, 0.1) is 0 Å². The maximum Gasteiger partial charge on any atom is 0.253 e.